The molecular weight excluding hydrogens is 242 g/mol. The summed E-state index contributed by atoms with van der Waals surface area (Å²) in [5, 5.41) is 5.03. The SMILES string of the molecule is CNC(=O)CNC(=O)CCc1ccc(N(C)C)cc1. The molecule has 5 nitrogen and oxygen atoms in total. The smallest absolute Gasteiger partial charge is 0.239 e. The molecule has 0 aliphatic rings. The minimum atomic E-state index is -0.191. The zero-order chi connectivity index (χ0) is 14.3. The Kier molecular flexibility index (Phi) is 5.85. The Labute approximate surface area is 114 Å². The Hall–Kier alpha value is -2.04. The third kappa shape index (κ3) is 5.42. The van der Waals surface area contributed by atoms with Gasteiger partial charge in [0.05, 0.1) is 6.54 Å². The van der Waals surface area contributed by atoms with Crippen LogP contribution in [0, 0.1) is 0 Å². The van der Waals surface area contributed by atoms with Crippen LogP contribution in [0.1, 0.15) is 12.0 Å². The highest BCUT2D eigenvalue weighted by molar-refractivity contribution is 5.84. The number of carbonyl (C=O) groups is 2. The molecule has 104 valence electrons. The van der Waals surface area contributed by atoms with E-state index in [0.29, 0.717) is 12.8 Å². The molecule has 2 amide bonds. The summed E-state index contributed by atoms with van der Waals surface area (Å²) in [4.78, 5) is 24.5. The van der Waals surface area contributed by atoms with E-state index in [9.17, 15) is 9.59 Å². The predicted octanol–water partition coefficient (Wildman–Crippen LogP) is 0.547. The van der Waals surface area contributed by atoms with Crippen molar-refractivity contribution in [2.45, 2.75) is 12.8 Å². The molecule has 0 fully saturated rings. The van der Waals surface area contributed by atoms with Crippen LogP contribution >= 0.6 is 0 Å². The van der Waals surface area contributed by atoms with E-state index in [0.717, 1.165) is 11.3 Å². The van der Waals surface area contributed by atoms with Gasteiger partial charge in [0.25, 0.3) is 0 Å². The molecule has 19 heavy (non-hydrogen) atoms. The second-order valence-corrected chi connectivity index (χ2v) is 4.51. The summed E-state index contributed by atoms with van der Waals surface area (Å²) in [6.07, 6.45) is 1.06. The standard InChI is InChI=1S/C14H21N3O2/c1-15-14(19)10-16-13(18)9-6-11-4-7-12(8-5-11)17(2)3/h4-5,7-8H,6,9-10H2,1-3H3,(H,15,19)(H,16,18). The van der Waals surface area contributed by atoms with Gasteiger partial charge in [-0.05, 0) is 24.1 Å². The average Bonchev–Trinajstić information content (AvgIpc) is 2.42. The zero-order valence-electron chi connectivity index (χ0n) is 11.7. The summed E-state index contributed by atoms with van der Waals surface area (Å²) in [6.45, 7) is 0.0366. The fourth-order valence-electron chi connectivity index (χ4n) is 1.57. The minimum absolute atomic E-state index is 0.0366. The van der Waals surface area contributed by atoms with Gasteiger partial charge in [-0.2, -0.15) is 0 Å². The molecule has 1 rings (SSSR count). The first kappa shape index (κ1) is 15.0. The monoisotopic (exact) mass is 263 g/mol. The van der Waals surface area contributed by atoms with E-state index < -0.39 is 0 Å². The number of benzene rings is 1. The largest absolute Gasteiger partial charge is 0.378 e. The Morgan fingerprint density at radius 2 is 1.74 bits per heavy atom. The first-order valence-electron chi connectivity index (χ1n) is 6.26. The van der Waals surface area contributed by atoms with Gasteiger partial charge in [-0.25, -0.2) is 0 Å². The van der Waals surface area contributed by atoms with Crippen LogP contribution in [0.2, 0.25) is 0 Å². The summed E-state index contributed by atoms with van der Waals surface area (Å²) in [7, 11) is 5.52. The lowest BCUT2D eigenvalue weighted by atomic mass is 10.1. The normalized spacial score (nSPS) is 9.84. The number of amides is 2. The third-order valence-corrected chi connectivity index (χ3v) is 2.82. The van der Waals surface area contributed by atoms with Crippen LogP contribution in [0.15, 0.2) is 24.3 Å². The van der Waals surface area contributed by atoms with Crippen LogP contribution in [-0.2, 0) is 16.0 Å². The van der Waals surface area contributed by atoms with Crippen molar-refractivity contribution >= 4 is 17.5 Å². The predicted molar refractivity (Wildman–Crippen MR) is 76.2 cm³/mol. The maximum atomic E-state index is 11.5. The van der Waals surface area contributed by atoms with Crippen LogP contribution in [0.25, 0.3) is 0 Å². The minimum Gasteiger partial charge on any atom is -0.378 e. The second kappa shape index (κ2) is 7.41. The molecule has 0 saturated heterocycles. The number of rotatable bonds is 6. The van der Waals surface area contributed by atoms with E-state index in [2.05, 4.69) is 10.6 Å². The van der Waals surface area contributed by atoms with Gasteiger partial charge in [-0.3, -0.25) is 9.59 Å². The van der Waals surface area contributed by atoms with Crippen LogP contribution in [0.4, 0.5) is 5.69 Å². The number of likely N-dealkylation sites (N-methyl/N-ethyl adjacent to an activating group) is 1. The number of hydrogen-bond acceptors (Lipinski definition) is 3. The Bertz CT molecular complexity index is 427. The van der Waals surface area contributed by atoms with E-state index in [4.69, 9.17) is 0 Å². The molecule has 0 unspecified atom stereocenters. The number of carbonyl (C=O) groups excluding carboxylic acids is 2. The van der Waals surface area contributed by atoms with Crippen molar-refractivity contribution in [3.8, 4) is 0 Å². The van der Waals surface area contributed by atoms with Crippen LogP contribution < -0.4 is 15.5 Å². The molecule has 1 aromatic rings. The maximum absolute atomic E-state index is 11.5. The number of nitrogens with one attached hydrogen (secondary N) is 2. The fraction of sp³-hybridized carbons (Fsp3) is 0.429. The molecule has 0 aliphatic heterocycles. The van der Waals surface area contributed by atoms with Crippen molar-refractivity contribution in [3.63, 3.8) is 0 Å². The molecule has 0 bridgehead atoms. The second-order valence-electron chi connectivity index (χ2n) is 4.51. The van der Waals surface area contributed by atoms with E-state index in [-0.39, 0.29) is 18.4 Å². The summed E-state index contributed by atoms with van der Waals surface area (Å²) in [5.41, 5.74) is 2.24. The quantitative estimate of drug-likeness (QED) is 0.788. The number of hydrogen-bond donors (Lipinski definition) is 2. The third-order valence-electron chi connectivity index (χ3n) is 2.82. The summed E-state index contributed by atoms with van der Waals surface area (Å²) in [5.74, 6) is -0.302. The van der Waals surface area contributed by atoms with Gasteiger partial charge in [-0.15, -0.1) is 0 Å². The van der Waals surface area contributed by atoms with Crippen LogP contribution in [-0.4, -0.2) is 39.5 Å². The molecule has 0 spiro atoms. The maximum Gasteiger partial charge on any atom is 0.239 e. The summed E-state index contributed by atoms with van der Waals surface area (Å²) < 4.78 is 0. The van der Waals surface area contributed by atoms with E-state index in [1.165, 1.54) is 0 Å². The molecule has 1 aromatic carbocycles. The van der Waals surface area contributed by atoms with Crippen molar-refractivity contribution in [2.75, 3.05) is 32.6 Å². The molecule has 0 saturated carbocycles. The van der Waals surface area contributed by atoms with Crippen molar-refractivity contribution < 1.29 is 9.59 Å². The van der Waals surface area contributed by atoms with Gasteiger partial charge in [0.2, 0.25) is 11.8 Å². The number of nitrogens with zero attached hydrogens (tertiary/aromatic N) is 1. The average molecular weight is 263 g/mol. The van der Waals surface area contributed by atoms with Gasteiger partial charge >= 0.3 is 0 Å². The zero-order valence-corrected chi connectivity index (χ0v) is 11.7. The molecule has 5 heteroatoms. The highest BCUT2D eigenvalue weighted by Crippen LogP contribution is 2.13. The molecule has 0 aromatic heterocycles. The van der Waals surface area contributed by atoms with Gasteiger partial charge in [0.1, 0.15) is 0 Å². The van der Waals surface area contributed by atoms with Crippen LogP contribution in [0.3, 0.4) is 0 Å². The lowest BCUT2D eigenvalue weighted by Gasteiger charge is -2.12. The lowest BCUT2D eigenvalue weighted by molar-refractivity contribution is -0.125. The summed E-state index contributed by atoms with van der Waals surface area (Å²) >= 11 is 0. The highest BCUT2D eigenvalue weighted by Gasteiger charge is 2.04. The molecule has 0 atom stereocenters. The molecule has 0 aliphatic carbocycles. The molecule has 0 radical (unpaired) electrons. The lowest BCUT2D eigenvalue weighted by Crippen LogP contribution is -2.35. The van der Waals surface area contributed by atoms with Crippen molar-refractivity contribution in [2.24, 2.45) is 0 Å². The highest BCUT2D eigenvalue weighted by atomic mass is 16.2. The van der Waals surface area contributed by atoms with Gasteiger partial charge < -0.3 is 15.5 Å². The van der Waals surface area contributed by atoms with Crippen molar-refractivity contribution in [1.82, 2.24) is 10.6 Å². The molecule has 2 N–H and O–H groups in total. The Morgan fingerprint density at radius 1 is 1.11 bits per heavy atom. The van der Waals surface area contributed by atoms with Gasteiger partial charge in [-0.1, -0.05) is 12.1 Å². The fourth-order valence-corrected chi connectivity index (χ4v) is 1.57. The Morgan fingerprint density at radius 3 is 2.26 bits per heavy atom. The van der Waals surface area contributed by atoms with E-state index in [1.54, 1.807) is 7.05 Å². The molecule has 0 heterocycles. The topological polar surface area (TPSA) is 61.4 Å². The van der Waals surface area contributed by atoms with Crippen molar-refractivity contribution in [1.29, 1.82) is 0 Å². The Balaban J connectivity index is 2.35. The number of anilines is 1. The summed E-state index contributed by atoms with van der Waals surface area (Å²) in [6, 6.07) is 8.08. The molecular formula is C14H21N3O2. The van der Waals surface area contributed by atoms with Gasteiger partial charge in [0.15, 0.2) is 0 Å². The van der Waals surface area contributed by atoms with E-state index >= 15 is 0 Å². The first-order chi connectivity index (χ1) is 9.02. The number of aryl methyl sites for hydroxylation is 1. The van der Waals surface area contributed by atoms with Crippen molar-refractivity contribution in [3.05, 3.63) is 29.8 Å². The van der Waals surface area contributed by atoms with E-state index in [1.807, 2.05) is 43.3 Å². The van der Waals surface area contributed by atoms with Gasteiger partial charge in [0, 0.05) is 33.3 Å². The first-order valence-corrected chi connectivity index (χ1v) is 6.26. The van der Waals surface area contributed by atoms with Crippen LogP contribution in [0.5, 0.6) is 0 Å².